The fourth-order valence-corrected chi connectivity index (χ4v) is 2.44. The summed E-state index contributed by atoms with van der Waals surface area (Å²) in [7, 11) is 0. The molecule has 0 aliphatic heterocycles. The number of aliphatic carboxylic acids is 2. The van der Waals surface area contributed by atoms with Gasteiger partial charge in [0.25, 0.3) is 0 Å². The normalized spacial score (nSPS) is 13.8. The lowest BCUT2D eigenvalue weighted by Gasteiger charge is -2.23. The molecule has 2 unspecified atom stereocenters. The van der Waals surface area contributed by atoms with Crippen LogP contribution in [0.25, 0.3) is 0 Å². The van der Waals surface area contributed by atoms with E-state index in [0.717, 1.165) is 12.0 Å². The fourth-order valence-electron chi connectivity index (χ4n) is 2.44. The van der Waals surface area contributed by atoms with E-state index < -0.39 is 18.0 Å². The molecular formula is C17H25NO4. The standard InChI is InChI=1S/C17H25NO4/c1-12(2)10-15(17(21)22)18-14(11-16(19)20)9-8-13-6-4-3-5-7-13/h3-7,12,14-15,18H,8-11H2,1-2H3,(H,19,20)(H,21,22). The van der Waals surface area contributed by atoms with Crippen molar-refractivity contribution in [3.05, 3.63) is 35.9 Å². The van der Waals surface area contributed by atoms with Crippen LogP contribution >= 0.6 is 0 Å². The van der Waals surface area contributed by atoms with E-state index >= 15 is 0 Å². The quantitative estimate of drug-likeness (QED) is 0.618. The predicted molar refractivity (Wildman–Crippen MR) is 84.8 cm³/mol. The molecule has 0 aromatic heterocycles. The molecular weight excluding hydrogens is 282 g/mol. The summed E-state index contributed by atoms with van der Waals surface area (Å²) >= 11 is 0. The summed E-state index contributed by atoms with van der Waals surface area (Å²) < 4.78 is 0. The van der Waals surface area contributed by atoms with Gasteiger partial charge < -0.3 is 15.5 Å². The van der Waals surface area contributed by atoms with Gasteiger partial charge in [-0.05, 0) is 30.7 Å². The van der Waals surface area contributed by atoms with Crippen LogP contribution in [0.3, 0.4) is 0 Å². The molecule has 0 saturated carbocycles. The first-order valence-corrected chi connectivity index (χ1v) is 7.63. The first-order chi connectivity index (χ1) is 10.4. The number of hydrogen-bond acceptors (Lipinski definition) is 3. The van der Waals surface area contributed by atoms with Crippen molar-refractivity contribution < 1.29 is 19.8 Å². The smallest absolute Gasteiger partial charge is 0.320 e. The molecule has 2 atom stereocenters. The van der Waals surface area contributed by atoms with Crippen LogP contribution in [-0.4, -0.2) is 34.2 Å². The first kappa shape index (κ1) is 18.2. The van der Waals surface area contributed by atoms with Gasteiger partial charge in [-0.25, -0.2) is 0 Å². The molecule has 1 aromatic rings. The van der Waals surface area contributed by atoms with E-state index in [1.165, 1.54) is 0 Å². The number of benzene rings is 1. The number of hydrogen-bond donors (Lipinski definition) is 3. The van der Waals surface area contributed by atoms with Crippen LogP contribution in [0, 0.1) is 5.92 Å². The molecule has 0 aliphatic carbocycles. The van der Waals surface area contributed by atoms with Crippen molar-refractivity contribution in [1.82, 2.24) is 5.32 Å². The highest BCUT2D eigenvalue weighted by molar-refractivity contribution is 5.73. The van der Waals surface area contributed by atoms with E-state index in [9.17, 15) is 14.7 Å². The average Bonchev–Trinajstić information content (AvgIpc) is 2.44. The molecule has 1 rings (SSSR count). The maximum Gasteiger partial charge on any atom is 0.320 e. The molecule has 0 heterocycles. The van der Waals surface area contributed by atoms with Crippen molar-refractivity contribution in [2.24, 2.45) is 5.92 Å². The van der Waals surface area contributed by atoms with Gasteiger partial charge in [-0.15, -0.1) is 0 Å². The summed E-state index contributed by atoms with van der Waals surface area (Å²) in [5.41, 5.74) is 1.12. The van der Waals surface area contributed by atoms with E-state index in [1.54, 1.807) is 0 Å². The SMILES string of the molecule is CC(C)CC(NC(CCc1ccccc1)CC(=O)O)C(=O)O. The van der Waals surface area contributed by atoms with Crippen LogP contribution in [0.4, 0.5) is 0 Å². The molecule has 0 fully saturated rings. The minimum Gasteiger partial charge on any atom is -0.481 e. The van der Waals surface area contributed by atoms with Gasteiger partial charge in [-0.1, -0.05) is 44.2 Å². The van der Waals surface area contributed by atoms with Crippen molar-refractivity contribution in [3.8, 4) is 0 Å². The first-order valence-electron chi connectivity index (χ1n) is 7.63. The highest BCUT2D eigenvalue weighted by atomic mass is 16.4. The van der Waals surface area contributed by atoms with E-state index in [1.807, 2.05) is 44.2 Å². The highest BCUT2D eigenvalue weighted by Crippen LogP contribution is 2.11. The van der Waals surface area contributed by atoms with Crippen LogP contribution < -0.4 is 5.32 Å². The topological polar surface area (TPSA) is 86.6 Å². The lowest BCUT2D eigenvalue weighted by Crippen LogP contribution is -2.45. The molecule has 5 nitrogen and oxygen atoms in total. The van der Waals surface area contributed by atoms with Gasteiger partial charge in [0, 0.05) is 6.04 Å². The number of nitrogens with one attached hydrogen (secondary N) is 1. The van der Waals surface area contributed by atoms with Crippen LogP contribution in [0.5, 0.6) is 0 Å². The minimum absolute atomic E-state index is 0.0747. The van der Waals surface area contributed by atoms with Crippen molar-refractivity contribution in [1.29, 1.82) is 0 Å². The van der Waals surface area contributed by atoms with Crippen LogP contribution in [-0.2, 0) is 16.0 Å². The lowest BCUT2D eigenvalue weighted by molar-refractivity contribution is -0.142. The summed E-state index contributed by atoms with van der Waals surface area (Å²) in [4.78, 5) is 22.3. The van der Waals surface area contributed by atoms with Crippen LogP contribution in [0.15, 0.2) is 30.3 Å². The largest absolute Gasteiger partial charge is 0.481 e. The van der Waals surface area contributed by atoms with Crippen molar-refractivity contribution in [2.75, 3.05) is 0 Å². The Morgan fingerprint density at radius 3 is 2.27 bits per heavy atom. The number of carboxylic acids is 2. The second-order valence-corrected chi connectivity index (χ2v) is 6.01. The molecule has 0 bridgehead atoms. The van der Waals surface area contributed by atoms with Gasteiger partial charge in [-0.2, -0.15) is 0 Å². The maximum atomic E-state index is 11.3. The second kappa shape index (κ2) is 9.20. The van der Waals surface area contributed by atoms with Gasteiger partial charge in [-0.3, -0.25) is 9.59 Å². The van der Waals surface area contributed by atoms with Gasteiger partial charge >= 0.3 is 11.9 Å². The average molecular weight is 307 g/mol. The van der Waals surface area contributed by atoms with E-state index in [4.69, 9.17) is 5.11 Å². The zero-order valence-corrected chi connectivity index (χ0v) is 13.2. The lowest BCUT2D eigenvalue weighted by atomic mass is 9.99. The van der Waals surface area contributed by atoms with E-state index in [-0.39, 0.29) is 18.4 Å². The summed E-state index contributed by atoms with van der Waals surface area (Å²) in [5.74, 6) is -1.61. The summed E-state index contributed by atoms with van der Waals surface area (Å²) in [6.45, 7) is 3.90. The van der Waals surface area contributed by atoms with Gasteiger partial charge in [0.1, 0.15) is 6.04 Å². The number of rotatable bonds is 10. The van der Waals surface area contributed by atoms with Gasteiger partial charge in [0.2, 0.25) is 0 Å². The molecule has 0 radical (unpaired) electrons. The molecule has 0 spiro atoms. The van der Waals surface area contributed by atoms with Gasteiger partial charge in [0.15, 0.2) is 0 Å². The molecule has 0 aliphatic rings. The van der Waals surface area contributed by atoms with Gasteiger partial charge in [0.05, 0.1) is 6.42 Å². The summed E-state index contributed by atoms with van der Waals surface area (Å²) in [6, 6.07) is 8.72. The third kappa shape index (κ3) is 7.22. The summed E-state index contributed by atoms with van der Waals surface area (Å²) in [6.07, 6.45) is 1.73. The second-order valence-electron chi connectivity index (χ2n) is 6.01. The number of carbonyl (C=O) groups is 2. The van der Waals surface area contributed by atoms with Crippen molar-refractivity contribution in [3.63, 3.8) is 0 Å². The maximum absolute atomic E-state index is 11.3. The molecule has 1 aromatic carbocycles. The van der Waals surface area contributed by atoms with E-state index in [2.05, 4.69) is 5.32 Å². The Bertz CT molecular complexity index is 473. The number of aryl methyl sites for hydroxylation is 1. The molecule has 0 amide bonds. The predicted octanol–water partition coefficient (Wildman–Crippen LogP) is 2.55. The Labute approximate surface area is 131 Å². The Kier molecular flexibility index (Phi) is 7.60. The Hall–Kier alpha value is -1.88. The molecule has 22 heavy (non-hydrogen) atoms. The Morgan fingerprint density at radius 2 is 1.77 bits per heavy atom. The van der Waals surface area contributed by atoms with E-state index in [0.29, 0.717) is 12.8 Å². The third-order valence-corrected chi connectivity index (χ3v) is 3.49. The number of carboxylic acid groups (broad SMARTS) is 2. The fraction of sp³-hybridized carbons (Fsp3) is 0.529. The molecule has 0 saturated heterocycles. The third-order valence-electron chi connectivity index (χ3n) is 3.49. The molecule has 5 heteroatoms. The highest BCUT2D eigenvalue weighted by Gasteiger charge is 2.23. The Morgan fingerprint density at radius 1 is 1.14 bits per heavy atom. The molecule has 122 valence electrons. The molecule has 3 N–H and O–H groups in total. The minimum atomic E-state index is -0.927. The van der Waals surface area contributed by atoms with Crippen LogP contribution in [0.1, 0.15) is 38.7 Å². The van der Waals surface area contributed by atoms with Crippen molar-refractivity contribution in [2.45, 2.75) is 51.6 Å². The summed E-state index contributed by atoms with van der Waals surface area (Å²) in [5, 5.41) is 21.3. The van der Waals surface area contributed by atoms with Crippen molar-refractivity contribution >= 4 is 11.9 Å². The zero-order valence-electron chi connectivity index (χ0n) is 13.2. The Balaban J connectivity index is 2.65. The van der Waals surface area contributed by atoms with Crippen LogP contribution in [0.2, 0.25) is 0 Å². The zero-order chi connectivity index (χ0) is 16.5. The monoisotopic (exact) mass is 307 g/mol.